The quantitative estimate of drug-likeness (QED) is 0.344. The molecule has 2 aromatic heterocycles. The van der Waals surface area contributed by atoms with Gasteiger partial charge in [0.25, 0.3) is 0 Å². The van der Waals surface area contributed by atoms with Gasteiger partial charge in [0.1, 0.15) is 0 Å². The average molecular weight is 357 g/mol. The van der Waals surface area contributed by atoms with Crippen molar-refractivity contribution in [1.82, 2.24) is 4.40 Å². The predicted octanol–water partition coefficient (Wildman–Crippen LogP) is 5.94. The molecule has 2 aliphatic rings. The first kappa shape index (κ1) is 14.5. The van der Waals surface area contributed by atoms with Crippen LogP contribution in [0.5, 0.6) is 0 Å². The maximum atomic E-state index is 9.87. The first-order valence-electron chi connectivity index (χ1n) is 9.89. The average Bonchev–Trinajstić information content (AvgIpc) is 3.42. The lowest BCUT2D eigenvalue weighted by Gasteiger charge is -2.20. The van der Waals surface area contributed by atoms with Crippen molar-refractivity contribution < 1.29 is 0 Å². The zero-order valence-corrected chi connectivity index (χ0v) is 15.2. The molecule has 130 valence electrons. The fourth-order valence-electron chi connectivity index (χ4n) is 6.21. The van der Waals surface area contributed by atoms with E-state index >= 15 is 0 Å². The molecule has 28 heavy (non-hydrogen) atoms. The van der Waals surface area contributed by atoms with E-state index in [1.165, 1.54) is 49.2 Å². The minimum absolute atomic E-state index is 0.385. The van der Waals surface area contributed by atoms with E-state index in [4.69, 9.17) is 0 Å². The summed E-state index contributed by atoms with van der Waals surface area (Å²) in [5.74, 6) is 0.771. The van der Waals surface area contributed by atoms with Crippen molar-refractivity contribution in [2.24, 2.45) is 0 Å². The van der Waals surface area contributed by atoms with Gasteiger partial charge >= 0.3 is 0 Å². The van der Waals surface area contributed by atoms with Crippen LogP contribution in [0.4, 0.5) is 0 Å². The Kier molecular flexibility index (Phi) is 2.40. The van der Waals surface area contributed by atoms with Crippen LogP contribution in [0.2, 0.25) is 0 Å². The van der Waals surface area contributed by atoms with Crippen LogP contribution in [0, 0.1) is 22.7 Å². The number of fused-ring (bicyclic) bond motifs is 6. The lowest BCUT2D eigenvalue weighted by atomic mass is 9.85. The van der Waals surface area contributed by atoms with Gasteiger partial charge in [0, 0.05) is 21.5 Å². The summed E-state index contributed by atoms with van der Waals surface area (Å²) in [4.78, 5) is 0. The first-order valence-corrected chi connectivity index (χ1v) is 9.89. The van der Waals surface area contributed by atoms with Crippen molar-refractivity contribution in [2.45, 2.75) is 31.1 Å². The topological polar surface area (TPSA) is 52.0 Å². The second kappa shape index (κ2) is 4.64. The highest BCUT2D eigenvalue weighted by molar-refractivity contribution is 6.24. The third kappa shape index (κ3) is 1.41. The maximum absolute atomic E-state index is 9.87. The standard InChI is InChI=1S/C25H15N3/c26-11-15-6-8-19-17-2-1-3-18-20-9-7-16(12-27)22-14-5-4-13(10-14)21(15)24(19)28(23(17)18)25(20)22/h1-3,6-9,13-14H,4-5,10H2. The van der Waals surface area contributed by atoms with Crippen LogP contribution >= 0.6 is 0 Å². The van der Waals surface area contributed by atoms with Crippen molar-refractivity contribution in [3.8, 4) is 12.1 Å². The maximum Gasteiger partial charge on any atom is 0.0995 e. The molecular formula is C25H15N3. The van der Waals surface area contributed by atoms with Crippen LogP contribution in [0.25, 0.3) is 38.1 Å². The summed E-state index contributed by atoms with van der Waals surface area (Å²) in [6.45, 7) is 0. The SMILES string of the molecule is N#Cc1ccc2c3cccc4c5ccc(C#N)c6c5n(c2c1C1CCC6C1)c34. The minimum Gasteiger partial charge on any atom is -0.307 e. The first-order chi connectivity index (χ1) is 13.8. The summed E-state index contributed by atoms with van der Waals surface area (Å²) in [7, 11) is 0. The van der Waals surface area contributed by atoms with Crippen LogP contribution in [-0.4, -0.2) is 4.40 Å². The molecule has 3 heteroatoms. The summed E-state index contributed by atoms with van der Waals surface area (Å²) >= 11 is 0. The zero-order valence-electron chi connectivity index (χ0n) is 15.2. The molecule has 2 unspecified atom stereocenters. The molecule has 2 bridgehead atoms. The van der Waals surface area contributed by atoms with Crippen LogP contribution in [0.15, 0.2) is 42.5 Å². The normalized spacial score (nSPS) is 20.4. The zero-order chi connectivity index (χ0) is 18.6. The van der Waals surface area contributed by atoms with Gasteiger partial charge in [-0.25, -0.2) is 0 Å². The summed E-state index contributed by atoms with van der Waals surface area (Å²) in [5.41, 5.74) is 7.71. The van der Waals surface area contributed by atoms with Crippen LogP contribution in [0.3, 0.4) is 0 Å². The van der Waals surface area contributed by atoms with Gasteiger partial charge in [-0.15, -0.1) is 0 Å². The Morgan fingerprint density at radius 1 is 0.679 bits per heavy atom. The van der Waals surface area contributed by atoms with Crippen molar-refractivity contribution in [3.05, 3.63) is 64.7 Å². The predicted molar refractivity (Wildman–Crippen MR) is 110 cm³/mol. The second-order valence-electron chi connectivity index (χ2n) is 8.31. The van der Waals surface area contributed by atoms with Gasteiger partial charge < -0.3 is 4.40 Å². The molecule has 3 aromatic carbocycles. The molecule has 0 N–H and O–H groups in total. The minimum atomic E-state index is 0.385. The van der Waals surface area contributed by atoms with E-state index in [2.05, 4.69) is 46.9 Å². The van der Waals surface area contributed by atoms with E-state index in [1.807, 2.05) is 12.1 Å². The van der Waals surface area contributed by atoms with E-state index < -0.39 is 0 Å². The number of nitrogens with zero attached hydrogens (tertiary/aromatic N) is 3. The van der Waals surface area contributed by atoms with Crippen molar-refractivity contribution in [2.75, 3.05) is 0 Å². The smallest absolute Gasteiger partial charge is 0.0995 e. The van der Waals surface area contributed by atoms with E-state index in [1.54, 1.807) is 0 Å². The molecule has 2 atom stereocenters. The van der Waals surface area contributed by atoms with Crippen molar-refractivity contribution >= 4 is 38.1 Å². The highest BCUT2D eigenvalue weighted by Crippen LogP contribution is 2.53. The number of benzene rings is 3. The molecule has 1 aliphatic heterocycles. The van der Waals surface area contributed by atoms with Gasteiger partial charge in [0.05, 0.1) is 39.8 Å². The molecule has 5 aromatic rings. The number of aromatic nitrogens is 1. The summed E-state index contributed by atoms with van der Waals surface area (Å²) in [6, 6.07) is 19.7. The number of nitriles is 2. The van der Waals surface area contributed by atoms with E-state index in [9.17, 15) is 10.5 Å². The second-order valence-corrected chi connectivity index (χ2v) is 8.31. The Labute approximate surface area is 161 Å². The van der Waals surface area contributed by atoms with E-state index in [0.29, 0.717) is 11.8 Å². The third-order valence-electron chi connectivity index (χ3n) is 7.21. The Balaban J connectivity index is 1.93. The van der Waals surface area contributed by atoms with Crippen molar-refractivity contribution in [3.63, 3.8) is 0 Å². The monoisotopic (exact) mass is 357 g/mol. The molecule has 0 radical (unpaired) electrons. The highest BCUT2D eigenvalue weighted by Gasteiger charge is 2.36. The van der Waals surface area contributed by atoms with E-state index in [-0.39, 0.29) is 0 Å². The molecule has 1 saturated carbocycles. The number of hydrogen-bond donors (Lipinski definition) is 0. The molecule has 0 spiro atoms. The molecule has 0 saturated heterocycles. The Hall–Kier alpha value is -3.56. The van der Waals surface area contributed by atoms with E-state index in [0.717, 1.165) is 30.4 Å². The molecule has 7 rings (SSSR count). The number of para-hydroxylation sites is 1. The molecule has 0 amide bonds. The third-order valence-corrected chi connectivity index (χ3v) is 7.21. The molecule has 3 nitrogen and oxygen atoms in total. The number of rotatable bonds is 0. The largest absolute Gasteiger partial charge is 0.307 e. The summed E-state index contributed by atoms with van der Waals surface area (Å²) < 4.78 is 2.40. The van der Waals surface area contributed by atoms with Crippen LogP contribution in [0.1, 0.15) is 53.4 Å². The lowest BCUT2D eigenvalue weighted by Crippen LogP contribution is -2.06. The van der Waals surface area contributed by atoms with Gasteiger partial charge in [-0.05, 0) is 54.4 Å². The Bertz CT molecular complexity index is 1460. The molecule has 1 aliphatic carbocycles. The van der Waals surface area contributed by atoms with Gasteiger partial charge in [0.15, 0.2) is 0 Å². The summed E-state index contributed by atoms with van der Waals surface area (Å²) in [5, 5.41) is 24.7. The molecular weight excluding hydrogens is 342 g/mol. The fourth-order valence-corrected chi connectivity index (χ4v) is 6.21. The Morgan fingerprint density at radius 2 is 1.18 bits per heavy atom. The summed E-state index contributed by atoms with van der Waals surface area (Å²) in [6.07, 6.45) is 3.20. The lowest BCUT2D eigenvalue weighted by molar-refractivity contribution is 0.684. The van der Waals surface area contributed by atoms with Gasteiger partial charge in [-0.3, -0.25) is 0 Å². The Morgan fingerprint density at radius 3 is 1.68 bits per heavy atom. The fraction of sp³-hybridized carbons (Fsp3) is 0.200. The van der Waals surface area contributed by atoms with Crippen LogP contribution in [-0.2, 0) is 0 Å². The van der Waals surface area contributed by atoms with Gasteiger partial charge in [-0.2, -0.15) is 10.5 Å². The van der Waals surface area contributed by atoms with Crippen LogP contribution < -0.4 is 0 Å². The van der Waals surface area contributed by atoms with Crippen molar-refractivity contribution in [1.29, 1.82) is 10.5 Å². The number of hydrogen-bond acceptors (Lipinski definition) is 2. The highest BCUT2D eigenvalue weighted by atomic mass is 14.9. The van der Waals surface area contributed by atoms with Gasteiger partial charge in [-0.1, -0.05) is 30.3 Å². The van der Waals surface area contributed by atoms with Gasteiger partial charge in [0.2, 0.25) is 0 Å². The molecule has 1 fully saturated rings. The molecule has 3 heterocycles.